The predicted molar refractivity (Wildman–Crippen MR) is 63.1 cm³/mol. The molecule has 1 aromatic heterocycles. The zero-order valence-electron chi connectivity index (χ0n) is 9.14. The third kappa shape index (κ3) is 1.78. The van der Waals surface area contributed by atoms with Crippen molar-refractivity contribution < 1.29 is 4.79 Å². The zero-order valence-corrected chi connectivity index (χ0v) is 9.89. The molecule has 90 valence electrons. The SMILES string of the molecule is O=C1NCC2CN(c3nccnc3Cl)CCN12. The molecule has 1 aromatic rings. The molecule has 0 aromatic carbocycles. The van der Waals surface area contributed by atoms with E-state index in [9.17, 15) is 4.79 Å². The number of carbonyl (C=O) groups is 1. The molecule has 3 heterocycles. The third-order valence-corrected chi connectivity index (χ3v) is 3.43. The molecular weight excluding hydrogens is 242 g/mol. The molecule has 2 saturated heterocycles. The summed E-state index contributed by atoms with van der Waals surface area (Å²) < 4.78 is 0. The Morgan fingerprint density at radius 1 is 1.35 bits per heavy atom. The minimum absolute atomic E-state index is 0.0277. The second-order valence-corrected chi connectivity index (χ2v) is 4.51. The number of amides is 2. The molecule has 1 atom stereocenters. The van der Waals surface area contributed by atoms with Crippen LogP contribution in [0, 0.1) is 0 Å². The minimum Gasteiger partial charge on any atom is -0.350 e. The standard InChI is InChI=1S/C10H12ClN5O/c11-8-9(13-2-1-12-8)15-3-4-16-7(6-15)5-14-10(16)17/h1-2,7H,3-6H2,(H,14,17). The summed E-state index contributed by atoms with van der Waals surface area (Å²) >= 11 is 6.02. The van der Waals surface area contributed by atoms with Gasteiger partial charge in [0, 0.05) is 38.6 Å². The highest BCUT2D eigenvalue weighted by molar-refractivity contribution is 6.31. The van der Waals surface area contributed by atoms with Crippen LogP contribution in [-0.4, -0.2) is 53.1 Å². The smallest absolute Gasteiger partial charge is 0.317 e. The number of hydrogen-bond acceptors (Lipinski definition) is 4. The number of anilines is 1. The first kappa shape index (κ1) is 10.6. The quantitative estimate of drug-likeness (QED) is 0.784. The van der Waals surface area contributed by atoms with Gasteiger partial charge in [-0.3, -0.25) is 0 Å². The lowest BCUT2D eigenvalue weighted by molar-refractivity contribution is 0.197. The van der Waals surface area contributed by atoms with Crippen molar-refractivity contribution in [3.8, 4) is 0 Å². The number of hydrogen-bond donors (Lipinski definition) is 1. The van der Waals surface area contributed by atoms with Crippen LogP contribution in [0.15, 0.2) is 12.4 Å². The molecule has 3 rings (SSSR count). The van der Waals surface area contributed by atoms with Crippen LogP contribution in [0.1, 0.15) is 0 Å². The number of carbonyl (C=O) groups excluding carboxylic acids is 1. The molecule has 2 amide bonds. The van der Waals surface area contributed by atoms with Crippen LogP contribution < -0.4 is 10.2 Å². The second kappa shape index (κ2) is 4.03. The van der Waals surface area contributed by atoms with Gasteiger partial charge in [-0.2, -0.15) is 0 Å². The van der Waals surface area contributed by atoms with E-state index < -0.39 is 0 Å². The topological polar surface area (TPSA) is 61.4 Å². The van der Waals surface area contributed by atoms with Gasteiger partial charge in [-0.1, -0.05) is 11.6 Å². The normalized spacial score (nSPS) is 23.6. The monoisotopic (exact) mass is 253 g/mol. The fourth-order valence-electron chi connectivity index (χ4n) is 2.32. The van der Waals surface area contributed by atoms with Gasteiger partial charge in [0.15, 0.2) is 11.0 Å². The molecule has 0 aliphatic carbocycles. The Bertz CT molecular complexity index is 454. The van der Waals surface area contributed by atoms with Crippen LogP contribution in [0.5, 0.6) is 0 Å². The van der Waals surface area contributed by atoms with Crippen LogP contribution in [0.25, 0.3) is 0 Å². The predicted octanol–water partition coefficient (Wildman–Crippen LogP) is 0.344. The van der Waals surface area contributed by atoms with Crippen molar-refractivity contribution in [2.45, 2.75) is 6.04 Å². The first-order chi connectivity index (χ1) is 8.25. The Kier molecular flexibility index (Phi) is 2.51. The van der Waals surface area contributed by atoms with Crippen LogP contribution in [0.2, 0.25) is 5.15 Å². The summed E-state index contributed by atoms with van der Waals surface area (Å²) in [5.41, 5.74) is 0. The van der Waals surface area contributed by atoms with Gasteiger partial charge in [0.25, 0.3) is 0 Å². The molecule has 6 nitrogen and oxygen atoms in total. The van der Waals surface area contributed by atoms with E-state index >= 15 is 0 Å². The molecule has 2 aliphatic heterocycles. The number of nitrogens with one attached hydrogen (secondary N) is 1. The van der Waals surface area contributed by atoms with Crippen LogP contribution in [-0.2, 0) is 0 Å². The number of aromatic nitrogens is 2. The average Bonchev–Trinajstić information content (AvgIpc) is 2.71. The first-order valence-corrected chi connectivity index (χ1v) is 5.89. The van der Waals surface area contributed by atoms with Gasteiger partial charge in [-0.15, -0.1) is 0 Å². The van der Waals surface area contributed by atoms with Crippen molar-refractivity contribution in [3.05, 3.63) is 17.5 Å². The van der Waals surface area contributed by atoms with Gasteiger partial charge < -0.3 is 15.1 Å². The summed E-state index contributed by atoms with van der Waals surface area (Å²) in [6.07, 6.45) is 3.20. The van der Waals surface area contributed by atoms with Gasteiger partial charge in [0.1, 0.15) is 0 Å². The number of halogens is 1. The molecule has 1 unspecified atom stereocenters. The van der Waals surface area contributed by atoms with Crippen LogP contribution in [0.4, 0.5) is 10.6 Å². The van der Waals surface area contributed by atoms with E-state index in [-0.39, 0.29) is 12.1 Å². The molecule has 2 aliphatic rings. The fourth-order valence-corrected chi connectivity index (χ4v) is 2.55. The lowest BCUT2D eigenvalue weighted by Crippen LogP contribution is -2.52. The van der Waals surface area contributed by atoms with E-state index in [1.165, 1.54) is 0 Å². The van der Waals surface area contributed by atoms with E-state index in [2.05, 4.69) is 20.2 Å². The Morgan fingerprint density at radius 3 is 3.00 bits per heavy atom. The lowest BCUT2D eigenvalue weighted by Gasteiger charge is -2.37. The van der Waals surface area contributed by atoms with Crippen molar-refractivity contribution in [2.24, 2.45) is 0 Å². The molecular formula is C10H12ClN5O. The summed E-state index contributed by atoms with van der Waals surface area (Å²) in [4.78, 5) is 23.7. The van der Waals surface area contributed by atoms with Crippen LogP contribution >= 0.6 is 11.6 Å². The fraction of sp³-hybridized carbons (Fsp3) is 0.500. The largest absolute Gasteiger partial charge is 0.350 e. The molecule has 0 radical (unpaired) electrons. The van der Waals surface area contributed by atoms with Crippen molar-refractivity contribution in [2.75, 3.05) is 31.1 Å². The number of nitrogens with zero attached hydrogens (tertiary/aromatic N) is 4. The van der Waals surface area contributed by atoms with Gasteiger partial charge in [0.05, 0.1) is 6.04 Å². The second-order valence-electron chi connectivity index (χ2n) is 4.15. The van der Waals surface area contributed by atoms with Crippen LogP contribution in [0.3, 0.4) is 0 Å². The number of urea groups is 1. The van der Waals surface area contributed by atoms with Crippen molar-refractivity contribution >= 4 is 23.4 Å². The van der Waals surface area contributed by atoms with E-state index in [0.717, 1.165) is 13.1 Å². The molecule has 7 heteroatoms. The summed E-state index contributed by atoms with van der Waals surface area (Å²) in [6, 6.07) is 0.231. The van der Waals surface area contributed by atoms with Crippen molar-refractivity contribution in [3.63, 3.8) is 0 Å². The van der Waals surface area contributed by atoms with E-state index in [4.69, 9.17) is 11.6 Å². The number of rotatable bonds is 1. The third-order valence-electron chi connectivity index (χ3n) is 3.17. The molecule has 2 fully saturated rings. The summed E-state index contributed by atoms with van der Waals surface area (Å²) in [6.45, 7) is 2.87. The summed E-state index contributed by atoms with van der Waals surface area (Å²) in [5.74, 6) is 0.702. The highest BCUT2D eigenvalue weighted by Crippen LogP contribution is 2.24. The molecule has 17 heavy (non-hydrogen) atoms. The number of piperazine rings is 1. The Morgan fingerprint density at radius 2 is 2.18 bits per heavy atom. The molecule has 0 saturated carbocycles. The van der Waals surface area contributed by atoms with E-state index in [0.29, 0.717) is 24.1 Å². The lowest BCUT2D eigenvalue weighted by atomic mass is 10.2. The Labute approximate surface area is 104 Å². The minimum atomic E-state index is 0.0277. The highest BCUT2D eigenvalue weighted by atomic mass is 35.5. The summed E-state index contributed by atoms with van der Waals surface area (Å²) in [7, 11) is 0. The Balaban J connectivity index is 1.80. The number of fused-ring (bicyclic) bond motifs is 1. The molecule has 0 spiro atoms. The maximum atomic E-state index is 11.5. The van der Waals surface area contributed by atoms with Gasteiger partial charge in [-0.25, -0.2) is 14.8 Å². The summed E-state index contributed by atoms with van der Waals surface area (Å²) in [5, 5.41) is 3.25. The Hall–Kier alpha value is -1.56. The van der Waals surface area contributed by atoms with Crippen molar-refractivity contribution in [1.82, 2.24) is 20.2 Å². The maximum absolute atomic E-state index is 11.5. The van der Waals surface area contributed by atoms with E-state index in [1.807, 2.05) is 4.90 Å². The van der Waals surface area contributed by atoms with Crippen molar-refractivity contribution in [1.29, 1.82) is 0 Å². The van der Waals surface area contributed by atoms with Gasteiger partial charge in [-0.05, 0) is 0 Å². The first-order valence-electron chi connectivity index (χ1n) is 5.51. The average molecular weight is 254 g/mol. The molecule has 0 bridgehead atoms. The van der Waals surface area contributed by atoms with Gasteiger partial charge >= 0.3 is 6.03 Å². The molecule has 1 N–H and O–H groups in total. The van der Waals surface area contributed by atoms with E-state index in [1.54, 1.807) is 12.4 Å². The zero-order chi connectivity index (χ0) is 11.8. The maximum Gasteiger partial charge on any atom is 0.317 e. The highest BCUT2D eigenvalue weighted by Gasteiger charge is 2.36. The van der Waals surface area contributed by atoms with Gasteiger partial charge in [0.2, 0.25) is 0 Å².